The second-order valence-electron chi connectivity index (χ2n) is 7.33. The number of methoxy groups -OCH3 is 2. The van der Waals surface area contributed by atoms with Crippen molar-refractivity contribution in [3.63, 3.8) is 0 Å². The summed E-state index contributed by atoms with van der Waals surface area (Å²) in [6.45, 7) is 9.75. The summed E-state index contributed by atoms with van der Waals surface area (Å²) >= 11 is 0. The third kappa shape index (κ3) is 4.67. The first kappa shape index (κ1) is 22.2. The van der Waals surface area contributed by atoms with Gasteiger partial charge in [0.15, 0.2) is 0 Å². The van der Waals surface area contributed by atoms with Crippen molar-refractivity contribution in [1.82, 2.24) is 4.72 Å². The molecule has 0 aliphatic heterocycles. The first-order chi connectivity index (χ1) is 13.1. The van der Waals surface area contributed by atoms with E-state index in [1.165, 1.54) is 0 Å². The standard InChI is InChI=1S/C22H31NO4S/c1-8-19(17-9-10-20(26-6)15(4)11-17)23-28(24,25)22-13-18(14(2)3)21(27-7)12-16(22)5/h9-14,19,23H,8H2,1-7H3/t19-/m1/s1. The van der Waals surface area contributed by atoms with E-state index < -0.39 is 10.0 Å². The SMILES string of the molecule is CC[C@@H](NS(=O)(=O)c1cc(C(C)C)c(OC)cc1C)c1ccc(OC)c(C)c1. The lowest BCUT2D eigenvalue weighted by Gasteiger charge is -2.21. The van der Waals surface area contributed by atoms with Gasteiger partial charge in [-0.05, 0) is 66.6 Å². The number of hydrogen-bond acceptors (Lipinski definition) is 4. The molecule has 0 saturated heterocycles. The Balaban J connectivity index is 2.43. The number of nitrogens with one attached hydrogen (secondary N) is 1. The molecule has 2 aromatic rings. The van der Waals surface area contributed by atoms with Crippen LogP contribution in [0.5, 0.6) is 11.5 Å². The second kappa shape index (κ2) is 8.97. The lowest BCUT2D eigenvalue weighted by molar-refractivity contribution is 0.406. The van der Waals surface area contributed by atoms with Crippen LogP contribution in [0.25, 0.3) is 0 Å². The fourth-order valence-corrected chi connectivity index (χ4v) is 4.92. The summed E-state index contributed by atoms with van der Waals surface area (Å²) < 4.78 is 40.0. The van der Waals surface area contributed by atoms with Gasteiger partial charge in [0.2, 0.25) is 10.0 Å². The van der Waals surface area contributed by atoms with Crippen LogP contribution in [0.3, 0.4) is 0 Å². The third-order valence-corrected chi connectivity index (χ3v) is 6.58. The van der Waals surface area contributed by atoms with Crippen molar-refractivity contribution < 1.29 is 17.9 Å². The number of hydrogen-bond donors (Lipinski definition) is 1. The van der Waals surface area contributed by atoms with Gasteiger partial charge >= 0.3 is 0 Å². The monoisotopic (exact) mass is 405 g/mol. The van der Waals surface area contributed by atoms with E-state index in [0.29, 0.717) is 22.6 Å². The van der Waals surface area contributed by atoms with Gasteiger partial charge in [0.1, 0.15) is 11.5 Å². The van der Waals surface area contributed by atoms with E-state index in [2.05, 4.69) is 4.72 Å². The molecule has 0 fully saturated rings. The van der Waals surface area contributed by atoms with Crippen LogP contribution in [0.2, 0.25) is 0 Å². The topological polar surface area (TPSA) is 64.6 Å². The molecule has 0 aromatic heterocycles. The maximum absolute atomic E-state index is 13.2. The van der Waals surface area contributed by atoms with E-state index >= 15 is 0 Å². The first-order valence-corrected chi connectivity index (χ1v) is 11.0. The van der Waals surface area contributed by atoms with Crippen LogP contribution >= 0.6 is 0 Å². The number of rotatable bonds is 8. The Morgan fingerprint density at radius 3 is 2.11 bits per heavy atom. The van der Waals surface area contributed by atoms with E-state index in [9.17, 15) is 8.42 Å². The molecule has 0 aliphatic rings. The molecule has 1 N–H and O–H groups in total. The van der Waals surface area contributed by atoms with Gasteiger partial charge in [-0.25, -0.2) is 13.1 Å². The summed E-state index contributed by atoms with van der Waals surface area (Å²) in [6.07, 6.45) is 0.636. The number of ether oxygens (including phenoxy) is 2. The first-order valence-electron chi connectivity index (χ1n) is 9.50. The van der Waals surface area contributed by atoms with Crippen molar-refractivity contribution >= 4 is 10.0 Å². The van der Waals surface area contributed by atoms with E-state index in [-0.39, 0.29) is 12.0 Å². The Labute approximate surface area is 169 Å². The highest BCUT2D eigenvalue weighted by molar-refractivity contribution is 7.89. The van der Waals surface area contributed by atoms with Crippen LogP contribution in [-0.2, 0) is 10.0 Å². The van der Waals surface area contributed by atoms with Crippen molar-refractivity contribution in [3.8, 4) is 11.5 Å². The van der Waals surface area contributed by atoms with Gasteiger partial charge in [0.25, 0.3) is 0 Å². The Kier molecular flexibility index (Phi) is 7.12. The molecule has 1 atom stereocenters. The third-order valence-electron chi connectivity index (χ3n) is 4.97. The highest BCUT2D eigenvalue weighted by Gasteiger charge is 2.24. The Hall–Kier alpha value is -2.05. The molecule has 0 bridgehead atoms. The van der Waals surface area contributed by atoms with Crippen LogP contribution in [0.15, 0.2) is 35.2 Å². The van der Waals surface area contributed by atoms with Crippen molar-refractivity contribution in [2.75, 3.05) is 14.2 Å². The van der Waals surface area contributed by atoms with E-state index in [4.69, 9.17) is 9.47 Å². The number of sulfonamides is 1. The Morgan fingerprint density at radius 1 is 0.964 bits per heavy atom. The van der Waals surface area contributed by atoms with Gasteiger partial charge in [-0.15, -0.1) is 0 Å². The molecule has 0 amide bonds. The molecule has 0 unspecified atom stereocenters. The van der Waals surface area contributed by atoms with E-state index in [0.717, 1.165) is 22.4 Å². The second-order valence-corrected chi connectivity index (χ2v) is 9.01. The maximum atomic E-state index is 13.2. The average molecular weight is 406 g/mol. The van der Waals surface area contributed by atoms with Crippen LogP contribution in [0.4, 0.5) is 0 Å². The average Bonchev–Trinajstić information content (AvgIpc) is 2.65. The normalized spacial score (nSPS) is 12.9. The molecule has 0 heterocycles. The molecule has 28 heavy (non-hydrogen) atoms. The maximum Gasteiger partial charge on any atom is 0.241 e. The predicted molar refractivity (Wildman–Crippen MR) is 113 cm³/mol. The molecule has 0 spiro atoms. The van der Waals surface area contributed by atoms with Crippen LogP contribution in [-0.4, -0.2) is 22.6 Å². The summed E-state index contributed by atoms with van der Waals surface area (Å²) in [7, 11) is -0.468. The summed E-state index contributed by atoms with van der Waals surface area (Å²) in [6, 6.07) is 8.95. The zero-order valence-corrected chi connectivity index (χ0v) is 18.6. The quantitative estimate of drug-likeness (QED) is 0.680. The molecule has 2 aromatic carbocycles. The smallest absolute Gasteiger partial charge is 0.241 e. The number of aryl methyl sites for hydroxylation is 2. The van der Waals surface area contributed by atoms with E-state index in [1.807, 2.05) is 45.9 Å². The molecule has 0 saturated carbocycles. The fourth-order valence-electron chi connectivity index (χ4n) is 3.35. The highest BCUT2D eigenvalue weighted by atomic mass is 32.2. The van der Waals surface area contributed by atoms with Crippen LogP contribution in [0, 0.1) is 13.8 Å². The molecular weight excluding hydrogens is 374 g/mol. The van der Waals surface area contributed by atoms with Crippen molar-refractivity contribution in [3.05, 3.63) is 52.6 Å². The van der Waals surface area contributed by atoms with Crippen molar-refractivity contribution in [2.45, 2.75) is 57.9 Å². The lowest BCUT2D eigenvalue weighted by atomic mass is 10.0. The summed E-state index contributed by atoms with van der Waals surface area (Å²) in [5.74, 6) is 1.65. The molecule has 154 valence electrons. The minimum Gasteiger partial charge on any atom is -0.496 e. The molecule has 0 radical (unpaired) electrons. The highest BCUT2D eigenvalue weighted by Crippen LogP contribution is 2.32. The minimum absolute atomic E-state index is 0.149. The van der Waals surface area contributed by atoms with Crippen LogP contribution < -0.4 is 14.2 Å². The predicted octanol–water partition coefficient (Wildman–Crippen LogP) is 4.87. The molecule has 0 aliphatic carbocycles. The Bertz CT molecular complexity index is 936. The largest absolute Gasteiger partial charge is 0.496 e. The van der Waals surface area contributed by atoms with Gasteiger partial charge in [0.05, 0.1) is 19.1 Å². The zero-order valence-electron chi connectivity index (χ0n) is 17.8. The minimum atomic E-state index is -3.70. The van der Waals surface area contributed by atoms with Gasteiger partial charge in [-0.3, -0.25) is 0 Å². The summed E-state index contributed by atoms with van der Waals surface area (Å²) in [5.41, 5.74) is 3.43. The molecule has 6 heteroatoms. The summed E-state index contributed by atoms with van der Waals surface area (Å²) in [4.78, 5) is 0.292. The van der Waals surface area contributed by atoms with Crippen LogP contribution in [0.1, 0.15) is 61.4 Å². The van der Waals surface area contributed by atoms with Gasteiger partial charge in [0, 0.05) is 6.04 Å². The van der Waals surface area contributed by atoms with Crippen molar-refractivity contribution in [1.29, 1.82) is 0 Å². The Morgan fingerprint density at radius 2 is 1.61 bits per heavy atom. The number of benzene rings is 2. The van der Waals surface area contributed by atoms with Gasteiger partial charge < -0.3 is 9.47 Å². The van der Waals surface area contributed by atoms with Gasteiger partial charge in [-0.1, -0.05) is 32.9 Å². The molecular formula is C22H31NO4S. The van der Waals surface area contributed by atoms with Gasteiger partial charge in [-0.2, -0.15) is 0 Å². The zero-order chi connectivity index (χ0) is 21.1. The lowest BCUT2D eigenvalue weighted by Crippen LogP contribution is -2.29. The molecule has 5 nitrogen and oxygen atoms in total. The summed E-state index contributed by atoms with van der Waals surface area (Å²) in [5, 5.41) is 0. The fraction of sp³-hybridized carbons (Fsp3) is 0.455. The van der Waals surface area contributed by atoms with Crippen molar-refractivity contribution in [2.24, 2.45) is 0 Å². The molecule has 2 rings (SSSR count). The van der Waals surface area contributed by atoms with E-state index in [1.54, 1.807) is 33.3 Å².